The number of aliphatic hydroxyl groups excluding tert-OH is 1. The Hall–Kier alpha value is -2.92. The largest absolute Gasteiger partial charge is 0.497 e. The van der Waals surface area contributed by atoms with Crippen molar-refractivity contribution < 1.29 is 27.0 Å². The zero-order valence-electron chi connectivity index (χ0n) is 17.9. The van der Waals surface area contributed by atoms with Crippen LogP contribution >= 0.6 is 0 Å². The lowest BCUT2D eigenvalue weighted by Gasteiger charge is -2.25. The van der Waals surface area contributed by atoms with Crippen molar-refractivity contribution in [2.45, 2.75) is 30.0 Å². The summed E-state index contributed by atoms with van der Waals surface area (Å²) in [7, 11) is -2.48. The predicted octanol–water partition coefficient (Wildman–Crippen LogP) is 2.41. The summed E-state index contributed by atoms with van der Waals surface area (Å²) in [6, 6.07) is 12.0. The van der Waals surface area contributed by atoms with E-state index in [9.17, 15) is 22.3 Å². The van der Waals surface area contributed by atoms with Crippen LogP contribution in [0.5, 0.6) is 5.75 Å². The lowest BCUT2D eigenvalue weighted by molar-refractivity contribution is 0.134. The van der Waals surface area contributed by atoms with E-state index in [0.717, 1.165) is 23.8 Å². The monoisotopic (exact) mass is 477 g/mol. The van der Waals surface area contributed by atoms with E-state index in [-0.39, 0.29) is 23.4 Å². The molecule has 3 aromatic rings. The fourth-order valence-corrected chi connectivity index (χ4v) is 4.53. The number of aromatic nitrogens is 1. The van der Waals surface area contributed by atoms with E-state index in [1.165, 1.54) is 24.5 Å². The number of ether oxygens (including phenoxy) is 1. The van der Waals surface area contributed by atoms with Crippen molar-refractivity contribution in [1.29, 1.82) is 0 Å². The highest BCUT2D eigenvalue weighted by Gasteiger charge is 2.26. The number of methoxy groups -OCH3 is 1. The second-order valence-electron chi connectivity index (χ2n) is 7.45. The van der Waals surface area contributed by atoms with Crippen LogP contribution in [0.15, 0.2) is 71.9 Å². The number of nitrogens with one attached hydrogen (secondary N) is 2. The Labute approximate surface area is 191 Å². The van der Waals surface area contributed by atoms with Crippen molar-refractivity contribution in [3.8, 4) is 5.75 Å². The average molecular weight is 478 g/mol. The van der Waals surface area contributed by atoms with Crippen LogP contribution in [0, 0.1) is 11.6 Å². The quantitative estimate of drug-likeness (QED) is 0.392. The summed E-state index contributed by atoms with van der Waals surface area (Å²) in [6.07, 6.45) is 1.28. The third-order valence-corrected chi connectivity index (χ3v) is 6.39. The molecule has 0 aliphatic rings. The molecule has 176 valence electrons. The van der Waals surface area contributed by atoms with Gasteiger partial charge in [-0.1, -0.05) is 12.1 Å². The first-order chi connectivity index (χ1) is 15.8. The molecular weight excluding hydrogens is 452 g/mol. The maximum absolute atomic E-state index is 13.7. The molecule has 7 nitrogen and oxygen atoms in total. The second kappa shape index (κ2) is 11.3. The first kappa shape index (κ1) is 24.7. The van der Waals surface area contributed by atoms with Crippen molar-refractivity contribution in [2.75, 3.05) is 13.7 Å². The summed E-state index contributed by atoms with van der Waals surface area (Å²) in [5.41, 5.74) is 1.11. The van der Waals surface area contributed by atoms with E-state index in [2.05, 4.69) is 15.0 Å². The molecule has 10 heteroatoms. The van der Waals surface area contributed by atoms with Crippen molar-refractivity contribution in [1.82, 2.24) is 15.0 Å². The van der Waals surface area contributed by atoms with Crippen LogP contribution < -0.4 is 14.8 Å². The number of aliphatic hydroxyl groups is 1. The molecule has 1 heterocycles. The Bertz CT molecular complexity index is 1140. The Morgan fingerprint density at radius 1 is 1.06 bits per heavy atom. The van der Waals surface area contributed by atoms with Gasteiger partial charge in [0.25, 0.3) is 0 Å². The molecule has 0 fully saturated rings. The molecule has 0 spiro atoms. The van der Waals surface area contributed by atoms with Crippen LogP contribution in [0.2, 0.25) is 0 Å². The number of sulfonamides is 1. The molecule has 0 unspecified atom stereocenters. The number of pyridine rings is 1. The standard InChI is InChI=1S/C23H25F2N3O4S/c1-32-20-5-2-4-16(10-20)13-27-15-23(29)22(11-17-8-18(24)12-19(25)9-17)28-33(30,31)21-6-3-7-26-14-21/h2-10,12,14,22-23,27-29H,11,13,15H2,1H3/t22-,23+/m0/s1. The van der Waals surface area contributed by atoms with Gasteiger partial charge in [-0.15, -0.1) is 0 Å². The van der Waals surface area contributed by atoms with E-state index in [0.29, 0.717) is 12.3 Å². The molecule has 2 aromatic carbocycles. The molecule has 0 saturated heterocycles. The first-order valence-corrected chi connectivity index (χ1v) is 11.6. The molecule has 3 rings (SSSR count). The van der Waals surface area contributed by atoms with Crippen molar-refractivity contribution >= 4 is 10.0 Å². The number of nitrogens with zero attached hydrogens (tertiary/aromatic N) is 1. The lowest BCUT2D eigenvalue weighted by Crippen LogP contribution is -2.48. The molecular formula is C23H25F2N3O4S. The SMILES string of the molecule is COc1cccc(CNC[C@@H](O)[C@H](Cc2cc(F)cc(F)c2)NS(=O)(=O)c2cccnc2)c1. The minimum Gasteiger partial charge on any atom is -0.497 e. The van der Waals surface area contributed by atoms with Crippen LogP contribution in [0.25, 0.3) is 0 Å². The number of rotatable bonds is 11. The van der Waals surface area contributed by atoms with E-state index < -0.39 is 33.8 Å². The second-order valence-corrected chi connectivity index (χ2v) is 9.16. The number of hydrogen-bond donors (Lipinski definition) is 3. The van der Waals surface area contributed by atoms with Crippen molar-refractivity contribution in [3.63, 3.8) is 0 Å². The number of hydrogen-bond acceptors (Lipinski definition) is 6. The van der Waals surface area contributed by atoms with Gasteiger partial charge in [0.1, 0.15) is 22.3 Å². The van der Waals surface area contributed by atoms with Gasteiger partial charge in [0.05, 0.1) is 19.3 Å². The summed E-state index contributed by atoms with van der Waals surface area (Å²) in [5.74, 6) is -0.890. The lowest BCUT2D eigenvalue weighted by atomic mass is 10.0. The van der Waals surface area contributed by atoms with Gasteiger partial charge >= 0.3 is 0 Å². The third kappa shape index (κ3) is 7.29. The Balaban J connectivity index is 1.74. The van der Waals surface area contributed by atoms with Crippen LogP contribution in [0.4, 0.5) is 8.78 Å². The van der Waals surface area contributed by atoms with Crippen molar-refractivity contribution in [3.05, 3.63) is 89.8 Å². The van der Waals surface area contributed by atoms with Gasteiger partial charge in [0.15, 0.2) is 0 Å². The maximum atomic E-state index is 13.7. The molecule has 3 N–H and O–H groups in total. The summed E-state index contributed by atoms with van der Waals surface area (Å²) in [4.78, 5) is 3.72. The minimum atomic E-state index is -4.04. The van der Waals surface area contributed by atoms with E-state index in [1.807, 2.05) is 18.2 Å². The van der Waals surface area contributed by atoms with Gasteiger partial charge < -0.3 is 15.2 Å². The molecule has 2 atom stereocenters. The highest BCUT2D eigenvalue weighted by atomic mass is 32.2. The zero-order valence-corrected chi connectivity index (χ0v) is 18.7. The van der Waals surface area contributed by atoms with E-state index in [4.69, 9.17) is 4.74 Å². The Morgan fingerprint density at radius 2 is 1.82 bits per heavy atom. The van der Waals surface area contributed by atoms with Crippen molar-refractivity contribution in [2.24, 2.45) is 0 Å². The molecule has 0 amide bonds. The normalized spacial score (nSPS) is 13.5. The molecule has 0 bridgehead atoms. The zero-order chi connectivity index (χ0) is 23.8. The molecule has 0 aliphatic heterocycles. The molecule has 0 aliphatic carbocycles. The van der Waals surface area contributed by atoms with Gasteiger partial charge in [-0.05, 0) is 53.9 Å². The highest BCUT2D eigenvalue weighted by Crippen LogP contribution is 2.15. The molecule has 33 heavy (non-hydrogen) atoms. The fourth-order valence-electron chi connectivity index (χ4n) is 3.30. The molecule has 0 radical (unpaired) electrons. The van der Waals surface area contributed by atoms with Crippen LogP contribution in [-0.2, 0) is 23.0 Å². The molecule has 0 saturated carbocycles. The van der Waals surface area contributed by atoms with Crippen LogP contribution in [-0.4, -0.2) is 44.3 Å². The number of benzene rings is 2. The Kier molecular flexibility index (Phi) is 8.45. The summed E-state index contributed by atoms with van der Waals surface area (Å²) in [6.45, 7) is 0.417. The number of halogens is 2. The van der Waals surface area contributed by atoms with Gasteiger partial charge in [0.2, 0.25) is 10.0 Å². The predicted molar refractivity (Wildman–Crippen MR) is 119 cm³/mol. The minimum absolute atomic E-state index is 0.0230. The van der Waals surface area contributed by atoms with E-state index in [1.54, 1.807) is 13.2 Å². The average Bonchev–Trinajstić information content (AvgIpc) is 2.78. The van der Waals surface area contributed by atoms with Crippen LogP contribution in [0.3, 0.4) is 0 Å². The molecule has 1 aromatic heterocycles. The van der Waals surface area contributed by atoms with Gasteiger partial charge in [0, 0.05) is 31.5 Å². The summed E-state index contributed by atoms with van der Waals surface area (Å²) >= 11 is 0. The van der Waals surface area contributed by atoms with Gasteiger partial charge in [-0.25, -0.2) is 21.9 Å². The fraction of sp³-hybridized carbons (Fsp3) is 0.261. The Morgan fingerprint density at radius 3 is 2.48 bits per heavy atom. The van der Waals surface area contributed by atoms with Gasteiger partial charge in [-0.3, -0.25) is 4.98 Å². The maximum Gasteiger partial charge on any atom is 0.242 e. The first-order valence-electron chi connectivity index (χ1n) is 10.2. The van der Waals surface area contributed by atoms with E-state index >= 15 is 0 Å². The summed E-state index contributed by atoms with van der Waals surface area (Å²) in [5, 5.41) is 13.8. The topological polar surface area (TPSA) is 101 Å². The summed E-state index contributed by atoms with van der Waals surface area (Å²) < 4.78 is 60.5. The van der Waals surface area contributed by atoms with Crippen LogP contribution in [0.1, 0.15) is 11.1 Å². The third-order valence-electron chi connectivity index (χ3n) is 4.91. The highest BCUT2D eigenvalue weighted by molar-refractivity contribution is 7.89. The smallest absolute Gasteiger partial charge is 0.242 e. The van der Waals surface area contributed by atoms with Gasteiger partial charge in [-0.2, -0.15) is 0 Å².